The van der Waals surface area contributed by atoms with E-state index in [2.05, 4.69) is 6.08 Å². The van der Waals surface area contributed by atoms with Gasteiger partial charge in [-0.15, -0.1) is 0 Å². The van der Waals surface area contributed by atoms with Crippen LogP contribution in [0.2, 0.25) is 0 Å². The summed E-state index contributed by atoms with van der Waals surface area (Å²) in [5.41, 5.74) is 2.87. The van der Waals surface area contributed by atoms with Crippen molar-refractivity contribution in [1.29, 1.82) is 0 Å². The molecule has 0 heterocycles. The second-order valence-corrected chi connectivity index (χ2v) is 3.19. The Hall–Kier alpha value is -1.57. The van der Waals surface area contributed by atoms with E-state index in [1.54, 1.807) is 6.08 Å². The molecule has 0 radical (unpaired) electrons. The van der Waals surface area contributed by atoms with Crippen LogP contribution in [0.25, 0.3) is 0 Å². The monoisotopic (exact) mass is 174 g/mol. The molecule has 0 saturated heterocycles. The summed E-state index contributed by atoms with van der Waals surface area (Å²) in [6.45, 7) is 0. The van der Waals surface area contributed by atoms with E-state index in [0.29, 0.717) is 12.0 Å². The van der Waals surface area contributed by atoms with Crippen molar-refractivity contribution < 1.29 is 9.90 Å². The zero-order valence-corrected chi connectivity index (χ0v) is 7.16. The van der Waals surface area contributed by atoms with Crippen molar-refractivity contribution in [3.05, 3.63) is 47.1 Å². The summed E-state index contributed by atoms with van der Waals surface area (Å²) in [4.78, 5) is 10.6. The minimum Gasteiger partial charge on any atom is -0.478 e. The van der Waals surface area contributed by atoms with Gasteiger partial charge in [0.15, 0.2) is 0 Å². The fourth-order valence-electron chi connectivity index (χ4n) is 1.58. The lowest BCUT2D eigenvalue weighted by Crippen LogP contribution is -1.98. The van der Waals surface area contributed by atoms with Crippen molar-refractivity contribution in [3.63, 3.8) is 0 Å². The van der Waals surface area contributed by atoms with Crippen LogP contribution >= 0.6 is 0 Å². The number of rotatable bonds is 2. The molecule has 0 fully saturated rings. The van der Waals surface area contributed by atoms with Gasteiger partial charge in [0.25, 0.3) is 0 Å². The summed E-state index contributed by atoms with van der Waals surface area (Å²) >= 11 is 0. The van der Waals surface area contributed by atoms with Gasteiger partial charge in [-0.25, -0.2) is 4.79 Å². The second-order valence-electron chi connectivity index (χ2n) is 3.19. The Morgan fingerprint density at radius 1 is 1.23 bits per heavy atom. The van der Waals surface area contributed by atoms with E-state index in [1.807, 2.05) is 18.2 Å². The smallest absolute Gasteiger partial charge is 0.331 e. The molecule has 0 aliphatic heterocycles. The third kappa shape index (κ3) is 1.47. The quantitative estimate of drug-likeness (QED) is 0.696. The van der Waals surface area contributed by atoms with E-state index in [-0.39, 0.29) is 0 Å². The van der Waals surface area contributed by atoms with Gasteiger partial charge in [0, 0.05) is 12.0 Å². The fourth-order valence-corrected chi connectivity index (χ4v) is 1.58. The maximum absolute atomic E-state index is 10.6. The summed E-state index contributed by atoms with van der Waals surface area (Å²) in [6, 6.07) is 0. The average Bonchev–Trinajstić information content (AvgIpc) is 2.75. The van der Waals surface area contributed by atoms with Crippen LogP contribution in [0.3, 0.4) is 0 Å². The second kappa shape index (κ2) is 3.05. The Labute approximate surface area is 76.6 Å². The van der Waals surface area contributed by atoms with Crippen LogP contribution in [-0.4, -0.2) is 11.1 Å². The lowest BCUT2D eigenvalue weighted by atomic mass is 10.0. The minimum atomic E-state index is -0.808. The highest BCUT2D eigenvalue weighted by atomic mass is 16.4. The number of carboxylic acid groups (broad SMARTS) is 1. The van der Waals surface area contributed by atoms with Crippen LogP contribution in [-0.2, 0) is 4.79 Å². The molecule has 2 rings (SSSR count). The predicted molar refractivity (Wildman–Crippen MR) is 50.3 cm³/mol. The SMILES string of the molecule is O=C(O)C1=CC=C(C2=CC=CC2)C1. The fraction of sp³-hybridized carbons (Fsp3) is 0.182. The molecule has 0 aromatic rings. The third-order valence-corrected chi connectivity index (χ3v) is 2.33. The molecular weight excluding hydrogens is 164 g/mol. The zero-order chi connectivity index (χ0) is 9.26. The van der Waals surface area contributed by atoms with Gasteiger partial charge in [0.2, 0.25) is 0 Å². The largest absolute Gasteiger partial charge is 0.478 e. The molecule has 0 atom stereocenters. The lowest BCUT2D eigenvalue weighted by Gasteiger charge is -2.02. The van der Waals surface area contributed by atoms with Crippen LogP contribution in [0.4, 0.5) is 0 Å². The average molecular weight is 174 g/mol. The Morgan fingerprint density at radius 2 is 2.08 bits per heavy atom. The first kappa shape index (κ1) is 8.05. The van der Waals surface area contributed by atoms with E-state index >= 15 is 0 Å². The van der Waals surface area contributed by atoms with Gasteiger partial charge in [0.05, 0.1) is 0 Å². The number of aliphatic carboxylic acids is 1. The first-order valence-corrected chi connectivity index (χ1v) is 4.26. The highest BCUT2D eigenvalue weighted by molar-refractivity contribution is 5.89. The van der Waals surface area contributed by atoms with E-state index < -0.39 is 5.97 Å². The van der Waals surface area contributed by atoms with Crippen molar-refractivity contribution in [2.24, 2.45) is 0 Å². The van der Waals surface area contributed by atoms with Crippen LogP contribution in [0.5, 0.6) is 0 Å². The number of allylic oxidation sites excluding steroid dienone is 7. The number of carboxylic acids is 1. The van der Waals surface area contributed by atoms with Gasteiger partial charge < -0.3 is 5.11 Å². The molecule has 0 spiro atoms. The maximum atomic E-state index is 10.6. The summed E-state index contributed by atoms with van der Waals surface area (Å²) in [6.07, 6.45) is 11.2. The van der Waals surface area contributed by atoms with Gasteiger partial charge in [-0.3, -0.25) is 0 Å². The molecule has 1 N–H and O–H groups in total. The molecule has 0 aromatic heterocycles. The molecular formula is C11H10O2. The molecule has 13 heavy (non-hydrogen) atoms. The van der Waals surface area contributed by atoms with Crippen LogP contribution in [0.1, 0.15) is 12.8 Å². The Balaban J connectivity index is 2.06. The Kier molecular flexibility index (Phi) is 1.89. The Bertz CT molecular complexity index is 368. The van der Waals surface area contributed by atoms with Gasteiger partial charge >= 0.3 is 5.97 Å². The molecule has 0 amide bonds. The molecule has 2 aliphatic rings. The summed E-state index contributed by atoms with van der Waals surface area (Å²) in [5.74, 6) is -0.808. The van der Waals surface area contributed by atoms with Gasteiger partial charge in [-0.05, 0) is 17.6 Å². The van der Waals surface area contributed by atoms with Gasteiger partial charge in [0.1, 0.15) is 0 Å². The van der Waals surface area contributed by atoms with E-state index in [0.717, 1.165) is 12.0 Å². The molecule has 0 aromatic carbocycles. The van der Waals surface area contributed by atoms with Crippen molar-refractivity contribution in [2.45, 2.75) is 12.8 Å². The number of carbonyl (C=O) groups is 1. The number of hydrogen-bond acceptors (Lipinski definition) is 1. The molecule has 0 bridgehead atoms. The van der Waals surface area contributed by atoms with Gasteiger partial charge in [-0.2, -0.15) is 0 Å². The maximum Gasteiger partial charge on any atom is 0.331 e. The highest BCUT2D eigenvalue weighted by Crippen LogP contribution is 2.29. The molecule has 66 valence electrons. The van der Waals surface area contributed by atoms with Crippen LogP contribution < -0.4 is 0 Å². The molecule has 2 nitrogen and oxygen atoms in total. The summed E-state index contributed by atoms with van der Waals surface area (Å²) < 4.78 is 0. The molecule has 2 aliphatic carbocycles. The van der Waals surface area contributed by atoms with Crippen molar-refractivity contribution >= 4 is 5.97 Å². The molecule has 0 unspecified atom stereocenters. The summed E-state index contributed by atoms with van der Waals surface area (Å²) in [7, 11) is 0. The van der Waals surface area contributed by atoms with E-state index in [4.69, 9.17) is 5.11 Å². The van der Waals surface area contributed by atoms with Gasteiger partial charge in [-0.1, -0.05) is 30.4 Å². The minimum absolute atomic E-state index is 0.489. The zero-order valence-electron chi connectivity index (χ0n) is 7.16. The van der Waals surface area contributed by atoms with Crippen LogP contribution in [0.15, 0.2) is 47.1 Å². The van der Waals surface area contributed by atoms with Crippen molar-refractivity contribution in [1.82, 2.24) is 0 Å². The lowest BCUT2D eigenvalue weighted by molar-refractivity contribution is -0.132. The normalized spacial score (nSPS) is 19.8. The molecule has 0 saturated carbocycles. The summed E-state index contributed by atoms with van der Waals surface area (Å²) in [5, 5.41) is 8.74. The predicted octanol–water partition coefficient (Wildman–Crippen LogP) is 2.21. The van der Waals surface area contributed by atoms with E-state index in [9.17, 15) is 4.79 Å². The van der Waals surface area contributed by atoms with Crippen molar-refractivity contribution in [3.8, 4) is 0 Å². The number of hydrogen-bond donors (Lipinski definition) is 1. The van der Waals surface area contributed by atoms with E-state index in [1.165, 1.54) is 5.57 Å². The Morgan fingerprint density at radius 3 is 2.62 bits per heavy atom. The first-order chi connectivity index (χ1) is 6.27. The topological polar surface area (TPSA) is 37.3 Å². The standard InChI is InChI=1S/C11H10O2/c12-11(13)10-6-5-9(7-10)8-3-1-2-4-8/h1-3,5-6H,4,7H2,(H,12,13). The van der Waals surface area contributed by atoms with Crippen LogP contribution in [0, 0.1) is 0 Å². The first-order valence-electron chi connectivity index (χ1n) is 4.26. The third-order valence-electron chi connectivity index (χ3n) is 2.33. The van der Waals surface area contributed by atoms with Crippen molar-refractivity contribution in [2.75, 3.05) is 0 Å². The molecule has 2 heteroatoms. The highest BCUT2D eigenvalue weighted by Gasteiger charge is 2.16.